The van der Waals surface area contributed by atoms with Crippen LogP contribution in [0.1, 0.15) is 53.9 Å². The fourth-order valence-electron chi connectivity index (χ4n) is 7.34. The largest absolute Gasteiger partial charge is 0.465 e. The average molecular weight is 598 g/mol. The molecule has 0 saturated carbocycles. The van der Waals surface area contributed by atoms with Crippen molar-refractivity contribution in [3.05, 3.63) is 49.6 Å². The lowest BCUT2D eigenvalue weighted by Gasteiger charge is -2.40. The number of benzene rings is 1. The van der Waals surface area contributed by atoms with Crippen molar-refractivity contribution in [1.29, 1.82) is 0 Å². The number of aliphatic hydroxyl groups excluding tert-OH is 1. The van der Waals surface area contributed by atoms with Gasteiger partial charge in [0.1, 0.15) is 6.04 Å². The Kier molecular flexibility index (Phi) is 9.82. The summed E-state index contributed by atoms with van der Waals surface area (Å²) >= 11 is 1.61. The number of carbonyl (C=O) groups excluding carboxylic acids is 3. The summed E-state index contributed by atoms with van der Waals surface area (Å²) in [5.41, 5.74) is 1.79. The zero-order valence-corrected chi connectivity index (χ0v) is 26.6. The first-order chi connectivity index (χ1) is 20.0. The molecule has 2 amide bonds. The third-order valence-electron chi connectivity index (χ3n) is 9.45. The molecule has 2 unspecified atom stereocenters. The van der Waals surface area contributed by atoms with Crippen molar-refractivity contribution in [2.24, 2.45) is 17.8 Å². The van der Waals surface area contributed by atoms with Gasteiger partial charge in [-0.15, -0.1) is 24.9 Å². The molecule has 0 aromatic heterocycles. The highest BCUT2D eigenvalue weighted by molar-refractivity contribution is 8.02. The molecule has 42 heavy (non-hydrogen) atoms. The minimum atomic E-state index is -0.838. The van der Waals surface area contributed by atoms with E-state index in [4.69, 9.17) is 4.74 Å². The van der Waals surface area contributed by atoms with Gasteiger partial charge in [-0.1, -0.05) is 26.0 Å². The summed E-state index contributed by atoms with van der Waals surface area (Å²) in [6.45, 7) is 19.7. The second-order valence-corrected chi connectivity index (χ2v) is 14.0. The Morgan fingerprint density at radius 3 is 2.33 bits per heavy atom. The number of amides is 2. The standard InChI is InChI=1S/C33H47N3O5S/c1-8-12-20-41-31(40)27-26-29(38)36(25(21-37)22(5)6)28(33(26)18-17-32(27,7)42-33)30(39)35(19-9-2)24-15-13-23(14-16-24)34(10-3)11-4/h8-9,13-16,22,25-28,37H,1-2,10-12,17-21H2,3-7H3/t25-,26-,27+,28?,32-,33?/m0/s1. The summed E-state index contributed by atoms with van der Waals surface area (Å²) in [5, 5.41) is 10.5. The molecule has 3 fully saturated rings. The second kappa shape index (κ2) is 12.8. The van der Waals surface area contributed by atoms with Crippen molar-refractivity contribution in [2.45, 2.75) is 75.5 Å². The number of nitrogens with zero attached hydrogens (tertiary/aromatic N) is 3. The number of hydrogen-bond acceptors (Lipinski definition) is 7. The van der Waals surface area contributed by atoms with E-state index >= 15 is 0 Å². The summed E-state index contributed by atoms with van der Waals surface area (Å²) in [6, 6.07) is 6.51. The van der Waals surface area contributed by atoms with Crippen molar-refractivity contribution in [1.82, 2.24) is 4.90 Å². The number of fused-ring (bicyclic) bond motifs is 1. The van der Waals surface area contributed by atoms with Gasteiger partial charge in [-0.2, -0.15) is 0 Å². The first-order valence-electron chi connectivity index (χ1n) is 15.2. The van der Waals surface area contributed by atoms with Crippen molar-refractivity contribution in [2.75, 3.05) is 42.6 Å². The number of esters is 1. The zero-order chi connectivity index (χ0) is 30.8. The summed E-state index contributed by atoms with van der Waals surface area (Å²) in [4.78, 5) is 48.4. The van der Waals surface area contributed by atoms with Gasteiger partial charge in [0.2, 0.25) is 5.91 Å². The summed E-state index contributed by atoms with van der Waals surface area (Å²) in [5.74, 6) is -2.30. The van der Waals surface area contributed by atoms with Crippen LogP contribution < -0.4 is 9.80 Å². The van der Waals surface area contributed by atoms with Crippen LogP contribution in [0.4, 0.5) is 11.4 Å². The van der Waals surface area contributed by atoms with E-state index in [-0.39, 0.29) is 43.5 Å². The van der Waals surface area contributed by atoms with Crippen LogP contribution in [0, 0.1) is 17.8 Å². The molecule has 3 aliphatic rings. The minimum Gasteiger partial charge on any atom is -0.465 e. The number of hydrogen-bond donors (Lipinski definition) is 1. The number of carbonyl (C=O) groups is 3. The lowest BCUT2D eigenvalue weighted by Crippen LogP contribution is -2.58. The van der Waals surface area contributed by atoms with Crippen LogP contribution in [0.2, 0.25) is 0 Å². The van der Waals surface area contributed by atoms with Gasteiger partial charge in [0, 0.05) is 35.8 Å². The topological polar surface area (TPSA) is 90.4 Å². The predicted octanol–water partition coefficient (Wildman–Crippen LogP) is 4.67. The lowest BCUT2D eigenvalue weighted by molar-refractivity contribution is -0.156. The molecule has 2 bridgehead atoms. The van der Waals surface area contributed by atoms with Crippen LogP contribution in [0.25, 0.3) is 0 Å². The van der Waals surface area contributed by atoms with Crippen molar-refractivity contribution in [3.63, 3.8) is 0 Å². The van der Waals surface area contributed by atoms with Gasteiger partial charge in [-0.25, -0.2) is 0 Å². The average Bonchev–Trinajstić information content (AvgIpc) is 3.54. The van der Waals surface area contributed by atoms with E-state index in [1.165, 1.54) is 0 Å². The molecular formula is C33H47N3O5S. The third kappa shape index (κ3) is 5.27. The Hall–Kier alpha value is -2.78. The van der Waals surface area contributed by atoms with E-state index in [1.54, 1.807) is 33.7 Å². The van der Waals surface area contributed by atoms with Crippen molar-refractivity contribution >= 4 is 40.9 Å². The molecule has 230 valence electrons. The smallest absolute Gasteiger partial charge is 0.311 e. The molecule has 3 aliphatic heterocycles. The Labute approximate surface area is 255 Å². The Morgan fingerprint density at radius 1 is 1.14 bits per heavy atom. The van der Waals surface area contributed by atoms with Crippen LogP contribution in [0.15, 0.2) is 49.6 Å². The van der Waals surface area contributed by atoms with E-state index in [0.29, 0.717) is 19.3 Å². The highest BCUT2D eigenvalue weighted by Crippen LogP contribution is 2.72. The fraction of sp³-hybridized carbons (Fsp3) is 0.606. The molecular weight excluding hydrogens is 550 g/mol. The first-order valence-corrected chi connectivity index (χ1v) is 16.0. The molecule has 4 rings (SSSR count). The molecule has 0 aliphatic carbocycles. The third-order valence-corrected chi connectivity index (χ3v) is 11.4. The maximum absolute atomic E-state index is 14.8. The summed E-state index contributed by atoms with van der Waals surface area (Å²) in [6.07, 6.45) is 5.25. The highest BCUT2D eigenvalue weighted by atomic mass is 32.2. The number of aliphatic hydroxyl groups is 1. The normalized spacial score (nSPS) is 28.5. The monoisotopic (exact) mass is 597 g/mol. The number of rotatable bonds is 14. The maximum atomic E-state index is 14.8. The van der Waals surface area contributed by atoms with E-state index in [0.717, 1.165) is 24.5 Å². The van der Waals surface area contributed by atoms with Gasteiger partial charge in [0.15, 0.2) is 0 Å². The zero-order valence-electron chi connectivity index (χ0n) is 25.8. The van der Waals surface area contributed by atoms with E-state index in [2.05, 4.69) is 31.9 Å². The predicted molar refractivity (Wildman–Crippen MR) is 170 cm³/mol. The van der Waals surface area contributed by atoms with Crippen molar-refractivity contribution in [3.8, 4) is 0 Å². The van der Waals surface area contributed by atoms with Crippen LogP contribution in [0.5, 0.6) is 0 Å². The lowest BCUT2D eigenvalue weighted by atomic mass is 9.66. The maximum Gasteiger partial charge on any atom is 0.311 e. The minimum absolute atomic E-state index is 0.0959. The number of anilines is 2. The van der Waals surface area contributed by atoms with Gasteiger partial charge in [-0.3, -0.25) is 14.4 Å². The first kappa shape index (κ1) is 32.1. The molecule has 0 radical (unpaired) electrons. The molecule has 1 aromatic carbocycles. The molecule has 8 nitrogen and oxygen atoms in total. The van der Waals surface area contributed by atoms with Crippen molar-refractivity contribution < 1.29 is 24.2 Å². The molecule has 1 aromatic rings. The Balaban J connectivity index is 1.79. The van der Waals surface area contributed by atoms with Gasteiger partial charge in [0.05, 0.1) is 35.8 Å². The van der Waals surface area contributed by atoms with E-state index in [1.807, 2.05) is 45.0 Å². The Bertz CT molecular complexity index is 1180. The summed E-state index contributed by atoms with van der Waals surface area (Å²) in [7, 11) is 0. The molecule has 3 heterocycles. The van der Waals surface area contributed by atoms with Crippen LogP contribution >= 0.6 is 11.8 Å². The highest BCUT2D eigenvalue weighted by Gasteiger charge is 2.78. The molecule has 1 N–H and O–H groups in total. The molecule has 1 spiro atoms. The molecule has 3 saturated heterocycles. The van der Waals surface area contributed by atoms with Crippen LogP contribution in [-0.4, -0.2) is 82.2 Å². The fourth-order valence-corrected chi connectivity index (χ4v) is 9.67. The Morgan fingerprint density at radius 2 is 1.79 bits per heavy atom. The SMILES string of the molecule is C=CCCOC(=O)[C@H]1[C@H]2C(=O)N([C@@H](CO)C(C)C)C(C(=O)N(CC=C)c3ccc(N(CC)CC)cc3)C23CC[C@]1(C)S3. The van der Waals surface area contributed by atoms with E-state index in [9.17, 15) is 19.5 Å². The van der Waals surface area contributed by atoms with Gasteiger partial charge in [0.25, 0.3) is 5.91 Å². The number of likely N-dealkylation sites (tertiary alicyclic amines) is 1. The van der Waals surface area contributed by atoms with Crippen LogP contribution in [-0.2, 0) is 19.1 Å². The summed E-state index contributed by atoms with van der Waals surface area (Å²) < 4.78 is 4.34. The number of ether oxygens (including phenoxy) is 1. The number of thioether (sulfide) groups is 1. The molecule has 9 heteroatoms. The molecule has 6 atom stereocenters. The van der Waals surface area contributed by atoms with Gasteiger partial charge in [-0.05, 0) is 70.2 Å². The second-order valence-electron chi connectivity index (χ2n) is 12.1. The van der Waals surface area contributed by atoms with Gasteiger partial charge < -0.3 is 24.5 Å². The van der Waals surface area contributed by atoms with Crippen LogP contribution in [0.3, 0.4) is 0 Å². The van der Waals surface area contributed by atoms with E-state index < -0.39 is 33.4 Å². The van der Waals surface area contributed by atoms with Gasteiger partial charge >= 0.3 is 5.97 Å². The quantitative estimate of drug-likeness (QED) is 0.189.